The minimum atomic E-state index is -0.156. The summed E-state index contributed by atoms with van der Waals surface area (Å²) in [7, 11) is 0. The van der Waals surface area contributed by atoms with E-state index in [2.05, 4.69) is 20.4 Å². The quantitative estimate of drug-likeness (QED) is 0.739. The number of carbonyl (C=O) groups excluding carboxylic acids is 1. The predicted molar refractivity (Wildman–Crippen MR) is 72.8 cm³/mol. The maximum absolute atomic E-state index is 12.2. The molecule has 1 aromatic rings. The van der Waals surface area contributed by atoms with Gasteiger partial charge in [0.25, 0.3) is 5.91 Å². The Labute approximate surface area is 112 Å². The molecule has 1 saturated carbocycles. The maximum atomic E-state index is 12.2. The van der Waals surface area contributed by atoms with Crippen molar-refractivity contribution >= 4 is 11.6 Å². The molecule has 1 aromatic heterocycles. The van der Waals surface area contributed by atoms with E-state index in [1.807, 2.05) is 6.92 Å². The van der Waals surface area contributed by atoms with Crippen LogP contribution in [-0.2, 0) is 6.42 Å². The van der Waals surface area contributed by atoms with Gasteiger partial charge in [-0.15, -0.1) is 0 Å². The Morgan fingerprint density at radius 1 is 1.53 bits per heavy atom. The van der Waals surface area contributed by atoms with Crippen molar-refractivity contribution in [2.24, 2.45) is 0 Å². The molecule has 1 saturated heterocycles. The lowest BCUT2D eigenvalue weighted by Crippen LogP contribution is -2.37. The smallest absolute Gasteiger partial charge is 0.274 e. The molecule has 6 heteroatoms. The van der Waals surface area contributed by atoms with Gasteiger partial charge < -0.3 is 11.1 Å². The first-order valence-corrected chi connectivity index (χ1v) is 7.06. The number of hydrogen-bond donors (Lipinski definition) is 3. The number of aromatic amines is 1. The first-order chi connectivity index (χ1) is 9.19. The molecule has 2 fully saturated rings. The van der Waals surface area contributed by atoms with E-state index in [-0.39, 0.29) is 11.9 Å². The molecule has 6 nitrogen and oxygen atoms in total. The van der Waals surface area contributed by atoms with Gasteiger partial charge in [-0.25, -0.2) is 0 Å². The number of anilines is 1. The van der Waals surface area contributed by atoms with Crippen molar-refractivity contribution in [3.8, 4) is 0 Å². The number of aryl methyl sites for hydroxylation is 1. The highest BCUT2D eigenvalue weighted by Crippen LogP contribution is 2.29. The highest BCUT2D eigenvalue weighted by atomic mass is 16.2. The molecule has 104 valence electrons. The zero-order chi connectivity index (χ0) is 13.4. The van der Waals surface area contributed by atoms with Crippen LogP contribution in [0.15, 0.2) is 0 Å². The number of hydrogen-bond acceptors (Lipinski definition) is 4. The second-order valence-corrected chi connectivity index (χ2v) is 5.50. The third kappa shape index (κ3) is 2.45. The Morgan fingerprint density at radius 2 is 2.32 bits per heavy atom. The van der Waals surface area contributed by atoms with Crippen molar-refractivity contribution in [3.63, 3.8) is 0 Å². The summed E-state index contributed by atoms with van der Waals surface area (Å²) in [5, 5.41) is 9.88. The summed E-state index contributed by atoms with van der Waals surface area (Å²) in [6.45, 7) is 4.03. The Bertz CT molecular complexity index is 479. The number of nitrogens with two attached hydrogens (primary N) is 1. The molecule has 1 aliphatic carbocycles. The fourth-order valence-corrected chi connectivity index (χ4v) is 2.76. The van der Waals surface area contributed by atoms with Gasteiger partial charge in [0.2, 0.25) is 0 Å². The molecule has 2 heterocycles. The molecule has 0 bridgehead atoms. The number of amides is 1. The summed E-state index contributed by atoms with van der Waals surface area (Å²) in [4.78, 5) is 14.6. The number of aromatic nitrogens is 2. The van der Waals surface area contributed by atoms with Gasteiger partial charge in [-0.05, 0) is 25.7 Å². The van der Waals surface area contributed by atoms with Crippen molar-refractivity contribution in [2.75, 3.05) is 18.8 Å². The average Bonchev–Trinajstić information content (AvgIpc) is 3.03. The van der Waals surface area contributed by atoms with Crippen molar-refractivity contribution < 1.29 is 4.79 Å². The average molecular weight is 263 g/mol. The first kappa shape index (κ1) is 12.5. The second kappa shape index (κ2) is 4.85. The molecule has 1 atom stereocenters. The first-order valence-electron chi connectivity index (χ1n) is 7.06. The van der Waals surface area contributed by atoms with Crippen molar-refractivity contribution in [1.82, 2.24) is 20.4 Å². The lowest BCUT2D eigenvalue weighted by molar-refractivity contribution is 0.0933. The molecule has 0 radical (unpaired) electrons. The van der Waals surface area contributed by atoms with Crippen molar-refractivity contribution in [3.05, 3.63) is 11.4 Å². The van der Waals surface area contributed by atoms with Gasteiger partial charge in [0.1, 0.15) is 0 Å². The summed E-state index contributed by atoms with van der Waals surface area (Å²) < 4.78 is 0. The van der Waals surface area contributed by atoms with E-state index in [1.54, 1.807) is 0 Å². The topological polar surface area (TPSA) is 87.0 Å². The van der Waals surface area contributed by atoms with E-state index in [9.17, 15) is 4.79 Å². The van der Waals surface area contributed by atoms with E-state index in [0.717, 1.165) is 37.7 Å². The zero-order valence-corrected chi connectivity index (χ0v) is 11.3. The van der Waals surface area contributed by atoms with E-state index >= 15 is 0 Å². The standard InChI is InChI=1S/C13H21N5O/c1-2-10-11(14)12(17-16-10)13(19)15-8-5-6-18(7-8)9-3-4-9/h8-9H,2-7,14H2,1H3,(H,15,19)(H,16,17). The molecule has 0 spiro atoms. The number of likely N-dealkylation sites (tertiary alicyclic amines) is 1. The molecule has 4 N–H and O–H groups in total. The third-order valence-corrected chi connectivity index (χ3v) is 4.07. The molecule has 1 unspecified atom stereocenters. The molecule has 0 aromatic carbocycles. The lowest BCUT2D eigenvalue weighted by atomic mass is 10.2. The summed E-state index contributed by atoms with van der Waals surface area (Å²) >= 11 is 0. The summed E-state index contributed by atoms with van der Waals surface area (Å²) in [5.74, 6) is -0.156. The number of nitrogens with zero attached hydrogens (tertiary/aromatic N) is 2. The highest BCUT2D eigenvalue weighted by molar-refractivity contribution is 5.97. The van der Waals surface area contributed by atoms with Gasteiger partial charge in [-0.2, -0.15) is 5.10 Å². The molecule has 1 aliphatic heterocycles. The monoisotopic (exact) mass is 263 g/mol. The zero-order valence-electron chi connectivity index (χ0n) is 11.3. The number of carbonyl (C=O) groups is 1. The fraction of sp³-hybridized carbons (Fsp3) is 0.692. The predicted octanol–water partition coefficient (Wildman–Crippen LogP) is 0.521. The normalized spacial score (nSPS) is 23.7. The molecular formula is C13H21N5O. The fourth-order valence-electron chi connectivity index (χ4n) is 2.76. The van der Waals surface area contributed by atoms with Crippen LogP contribution in [0, 0.1) is 0 Å². The van der Waals surface area contributed by atoms with Crippen molar-refractivity contribution in [1.29, 1.82) is 0 Å². The van der Waals surface area contributed by atoms with Gasteiger partial charge in [0, 0.05) is 25.2 Å². The SMILES string of the molecule is CCc1[nH]nc(C(=O)NC2CCN(C3CC3)C2)c1N. The Balaban J connectivity index is 1.60. The van der Waals surface area contributed by atoms with E-state index in [4.69, 9.17) is 5.73 Å². The maximum Gasteiger partial charge on any atom is 0.274 e. The van der Waals surface area contributed by atoms with Crippen LogP contribution in [0.1, 0.15) is 42.4 Å². The molecule has 3 rings (SSSR count). The molecule has 19 heavy (non-hydrogen) atoms. The number of nitrogens with one attached hydrogen (secondary N) is 2. The molecule has 1 amide bonds. The van der Waals surface area contributed by atoms with Crippen LogP contribution in [-0.4, -0.2) is 46.2 Å². The van der Waals surface area contributed by atoms with E-state index in [1.165, 1.54) is 12.8 Å². The Hall–Kier alpha value is -1.56. The van der Waals surface area contributed by atoms with Crippen molar-refractivity contribution in [2.45, 2.75) is 44.7 Å². The van der Waals surface area contributed by atoms with Gasteiger partial charge in [0.05, 0.1) is 11.4 Å². The molecule has 2 aliphatic rings. The lowest BCUT2D eigenvalue weighted by Gasteiger charge is -2.15. The van der Waals surface area contributed by atoms with E-state index < -0.39 is 0 Å². The van der Waals surface area contributed by atoms with Crippen LogP contribution in [0.25, 0.3) is 0 Å². The van der Waals surface area contributed by atoms with Gasteiger partial charge in [0.15, 0.2) is 5.69 Å². The number of nitrogen functional groups attached to an aromatic ring is 1. The highest BCUT2D eigenvalue weighted by Gasteiger charge is 2.35. The summed E-state index contributed by atoms with van der Waals surface area (Å²) in [6, 6.07) is 0.998. The van der Waals surface area contributed by atoms with Crippen LogP contribution >= 0.6 is 0 Å². The third-order valence-electron chi connectivity index (χ3n) is 4.07. The minimum Gasteiger partial charge on any atom is -0.395 e. The number of rotatable bonds is 4. The van der Waals surface area contributed by atoms with Crippen LogP contribution < -0.4 is 11.1 Å². The van der Waals surface area contributed by atoms with Gasteiger partial charge in [-0.1, -0.05) is 6.92 Å². The van der Waals surface area contributed by atoms with Crippen LogP contribution in [0.4, 0.5) is 5.69 Å². The van der Waals surface area contributed by atoms with Gasteiger partial charge >= 0.3 is 0 Å². The van der Waals surface area contributed by atoms with Crippen LogP contribution in [0.2, 0.25) is 0 Å². The Kier molecular flexibility index (Phi) is 3.18. The van der Waals surface area contributed by atoms with E-state index in [0.29, 0.717) is 11.4 Å². The second-order valence-electron chi connectivity index (χ2n) is 5.50. The van der Waals surface area contributed by atoms with Crippen LogP contribution in [0.5, 0.6) is 0 Å². The Morgan fingerprint density at radius 3 is 2.95 bits per heavy atom. The summed E-state index contributed by atoms with van der Waals surface area (Å²) in [5.41, 5.74) is 7.56. The number of H-pyrrole nitrogens is 1. The van der Waals surface area contributed by atoms with Crippen LogP contribution in [0.3, 0.4) is 0 Å². The van der Waals surface area contributed by atoms with Gasteiger partial charge in [-0.3, -0.25) is 14.8 Å². The summed E-state index contributed by atoms with van der Waals surface area (Å²) in [6.07, 6.45) is 4.40. The minimum absolute atomic E-state index is 0.156. The molecular weight excluding hydrogens is 242 g/mol. The largest absolute Gasteiger partial charge is 0.395 e.